The fraction of sp³-hybridized carbons (Fsp3) is 0.250. The Balaban J connectivity index is 2.70. The van der Waals surface area contributed by atoms with Crippen LogP contribution < -0.4 is 10.6 Å². The first-order valence-electron chi connectivity index (χ1n) is 4.04. The summed E-state index contributed by atoms with van der Waals surface area (Å²) in [7, 11) is 3.67. The molecule has 0 bridgehead atoms. The Morgan fingerprint density at radius 1 is 1.31 bits per heavy atom. The van der Waals surface area contributed by atoms with Gasteiger partial charge in [-0.2, -0.15) is 0 Å². The van der Waals surface area contributed by atoms with E-state index < -0.39 is 0 Å². The number of hydrogen-bond acceptors (Lipinski definition) is 4. The Bertz CT molecular complexity index is 419. The standard InChI is InChI=1S/C8H11N5/c1-9-6-5-13-4-3-11-8(13)7(10-2)12-6/h3-5,9H,1-2H3,(H,10,12). The molecule has 5 nitrogen and oxygen atoms in total. The second-order valence-electron chi connectivity index (χ2n) is 2.63. The molecule has 0 saturated heterocycles. The Labute approximate surface area is 75.8 Å². The molecule has 0 aliphatic rings. The van der Waals surface area contributed by atoms with Gasteiger partial charge in [0, 0.05) is 26.5 Å². The normalized spacial score (nSPS) is 10.3. The molecule has 2 rings (SSSR count). The molecule has 2 heterocycles. The molecule has 0 radical (unpaired) electrons. The predicted molar refractivity (Wildman–Crippen MR) is 52.1 cm³/mol. The van der Waals surface area contributed by atoms with Gasteiger partial charge in [0.15, 0.2) is 11.5 Å². The van der Waals surface area contributed by atoms with Crippen molar-refractivity contribution < 1.29 is 0 Å². The zero-order valence-corrected chi connectivity index (χ0v) is 7.57. The third-order valence-corrected chi connectivity index (χ3v) is 1.87. The summed E-state index contributed by atoms with van der Waals surface area (Å²) >= 11 is 0. The minimum Gasteiger partial charge on any atom is -0.372 e. The molecule has 68 valence electrons. The molecule has 0 saturated carbocycles. The summed E-state index contributed by atoms with van der Waals surface area (Å²) in [4.78, 5) is 8.48. The van der Waals surface area contributed by atoms with Gasteiger partial charge >= 0.3 is 0 Å². The molecular weight excluding hydrogens is 166 g/mol. The van der Waals surface area contributed by atoms with Crippen molar-refractivity contribution in [3.8, 4) is 0 Å². The highest BCUT2D eigenvalue weighted by Gasteiger charge is 2.03. The van der Waals surface area contributed by atoms with Crippen LogP contribution in [0.4, 0.5) is 11.6 Å². The number of imidazole rings is 1. The van der Waals surface area contributed by atoms with Gasteiger partial charge in [-0.1, -0.05) is 0 Å². The maximum Gasteiger partial charge on any atom is 0.180 e. The zero-order valence-electron chi connectivity index (χ0n) is 7.57. The van der Waals surface area contributed by atoms with Crippen molar-refractivity contribution in [1.29, 1.82) is 0 Å². The Kier molecular flexibility index (Phi) is 1.77. The molecule has 0 aromatic carbocycles. The quantitative estimate of drug-likeness (QED) is 0.712. The van der Waals surface area contributed by atoms with E-state index in [0.29, 0.717) is 0 Å². The van der Waals surface area contributed by atoms with Gasteiger partial charge in [-0.15, -0.1) is 0 Å². The van der Waals surface area contributed by atoms with E-state index in [4.69, 9.17) is 0 Å². The average Bonchev–Trinajstić information content (AvgIpc) is 2.63. The average molecular weight is 177 g/mol. The van der Waals surface area contributed by atoms with E-state index in [1.807, 2.05) is 30.9 Å². The lowest BCUT2D eigenvalue weighted by Gasteiger charge is -2.05. The van der Waals surface area contributed by atoms with Crippen molar-refractivity contribution in [2.75, 3.05) is 24.7 Å². The highest BCUT2D eigenvalue weighted by atomic mass is 15.1. The van der Waals surface area contributed by atoms with Crippen LogP contribution in [-0.2, 0) is 0 Å². The first-order chi connectivity index (χ1) is 6.35. The number of nitrogens with one attached hydrogen (secondary N) is 2. The summed E-state index contributed by atoms with van der Waals surface area (Å²) in [5.74, 6) is 1.59. The van der Waals surface area contributed by atoms with Gasteiger partial charge in [-0.25, -0.2) is 9.97 Å². The lowest BCUT2D eigenvalue weighted by atomic mass is 10.5. The molecule has 0 aliphatic carbocycles. The van der Waals surface area contributed by atoms with Gasteiger partial charge in [0.1, 0.15) is 5.82 Å². The van der Waals surface area contributed by atoms with Crippen LogP contribution in [0.2, 0.25) is 0 Å². The van der Waals surface area contributed by atoms with Crippen LogP contribution in [0.3, 0.4) is 0 Å². The van der Waals surface area contributed by atoms with Crippen LogP contribution in [0.5, 0.6) is 0 Å². The number of hydrogen-bond donors (Lipinski definition) is 2. The Hall–Kier alpha value is -1.78. The van der Waals surface area contributed by atoms with Crippen LogP contribution in [0.1, 0.15) is 0 Å². The summed E-state index contributed by atoms with van der Waals surface area (Å²) in [5, 5.41) is 5.98. The third kappa shape index (κ3) is 1.18. The van der Waals surface area contributed by atoms with Crippen molar-refractivity contribution in [2.24, 2.45) is 0 Å². The van der Waals surface area contributed by atoms with E-state index in [2.05, 4.69) is 20.6 Å². The Morgan fingerprint density at radius 2 is 2.15 bits per heavy atom. The summed E-state index contributed by atoms with van der Waals surface area (Å²) in [6.45, 7) is 0. The van der Waals surface area contributed by atoms with Gasteiger partial charge in [0.25, 0.3) is 0 Å². The lowest BCUT2D eigenvalue weighted by molar-refractivity contribution is 1.12. The van der Waals surface area contributed by atoms with E-state index in [-0.39, 0.29) is 0 Å². The highest BCUT2D eigenvalue weighted by molar-refractivity contribution is 5.64. The second kappa shape index (κ2) is 2.93. The molecule has 0 atom stereocenters. The van der Waals surface area contributed by atoms with Crippen molar-refractivity contribution in [2.45, 2.75) is 0 Å². The summed E-state index contributed by atoms with van der Waals surface area (Å²) in [5.41, 5.74) is 0.835. The minimum absolute atomic E-state index is 0.775. The van der Waals surface area contributed by atoms with E-state index >= 15 is 0 Å². The molecule has 0 fully saturated rings. The first-order valence-corrected chi connectivity index (χ1v) is 4.04. The molecule has 2 N–H and O–H groups in total. The van der Waals surface area contributed by atoms with Gasteiger partial charge < -0.3 is 15.0 Å². The second-order valence-corrected chi connectivity index (χ2v) is 2.63. The summed E-state index contributed by atoms with van der Waals surface area (Å²) < 4.78 is 1.92. The van der Waals surface area contributed by atoms with Crippen LogP contribution in [-0.4, -0.2) is 28.5 Å². The minimum atomic E-state index is 0.775. The maximum atomic E-state index is 4.30. The van der Waals surface area contributed by atoms with Gasteiger partial charge in [0.05, 0.1) is 6.20 Å². The van der Waals surface area contributed by atoms with Crippen LogP contribution in [0.25, 0.3) is 5.65 Å². The van der Waals surface area contributed by atoms with E-state index in [1.165, 1.54) is 0 Å². The third-order valence-electron chi connectivity index (χ3n) is 1.87. The molecule has 2 aromatic rings. The van der Waals surface area contributed by atoms with Crippen LogP contribution in [0, 0.1) is 0 Å². The SMILES string of the molecule is CNc1cn2ccnc2c(NC)n1. The summed E-state index contributed by atoms with van der Waals surface area (Å²) in [6, 6.07) is 0. The van der Waals surface area contributed by atoms with Crippen molar-refractivity contribution in [3.63, 3.8) is 0 Å². The molecule has 5 heteroatoms. The van der Waals surface area contributed by atoms with Crippen LogP contribution >= 0.6 is 0 Å². The number of anilines is 2. The van der Waals surface area contributed by atoms with E-state index in [9.17, 15) is 0 Å². The topological polar surface area (TPSA) is 54.2 Å². The smallest absolute Gasteiger partial charge is 0.180 e. The lowest BCUT2D eigenvalue weighted by Crippen LogP contribution is -2.01. The van der Waals surface area contributed by atoms with Gasteiger partial charge in [0.2, 0.25) is 0 Å². The first kappa shape index (κ1) is 7.85. The highest BCUT2D eigenvalue weighted by Crippen LogP contribution is 2.14. The predicted octanol–water partition coefficient (Wildman–Crippen LogP) is 0.813. The van der Waals surface area contributed by atoms with Gasteiger partial charge in [-0.05, 0) is 0 Å². The monoisotopic (exact) mass is 177 g/mol. The molecule has 2 aromatic heterocycles. The van der Waals surface area contributed by atoms with Crippen molar-refractivity contribution >= 4 is 17.3 Å². The molecule has 0 aliphatic heterocycles. The number of rotatable bonds is 2. The fourth-order valence-corrected chi connectivity index (χ4v) is 1.22. The molecule has 0 spiro atoms. The molecule has 0 amide bonds. The molecule has 0 unspecified atom stereocenters. The van der Waals surface area contributed by atoms with Crippen molar-refractivity contribution in [3.05, 3.63) is 18.6 Å². The van der Waals surface area contributed by atoms with Crippen LogP contribution in [0.15, 0.2) is 18.6 Å². The summed E-state index contributed by atoms with van der Waals surface area (Å²) in [6.07, 6.45) is 5.53. The number of aromatic nitrogens is 3. The largest absolute Gasteiger partial charge is 0.372 e. The molecular formula is C8H11N5. The number of nitrogens with zero attached hydrogens (tertiary/aromatic N) is 3. The van der Waals surface area contributed by atoms with E-state index in [0.717, 1.165) is 17.3 Å². The van der Waals surface area contributed by atoms with Crippen molar-refractivity contribution in [1.82, 2.24) is 14.4 Å². The van der Waals surface area contributed by atoms with Gasteiger partial charge in [-0.3, -0.25) is 0 Å². The fourth-order valence-electron chi connectivity index (χ4n) is 1.22. The molecule has 13 heavy (non-hydrogen) atoms. The maximum absolute atomic E-state index is 4.30. The Morgan fingerprint density at radius 3 is 2.85 bits per heavy atom. The number of fused-ring (bicyclic) bond motifs is 1. The zero-order chi connectivity index (χ0) is 9.26. The van der Waals surface area contributed by atoms with E-state index in [1.54, 1.807) is 6.20 Å².